The van der Waals surface area contributed by atoms with E-state index in [9.17, 15) is 9.59 Å². The number of aromatic nitrogens is 1. The lowest BCUT2D eigenvalue weighted by atomic mass is 9.99. The van der Waals surface area contributed by atoms with Crippen LogP contribution in [0.1, 0.15) is 10.4 Å². The molecule has 2 rings (SSSR count). The highest BCUT2D eigenvalue weighted by molar-refractivity contribution is 6.33. The maximum Gasteiger partial charge on any atom is 0.310 e. The van der Waals surface area contributed by atoms with Gasteiger partial charge < -0.3 is 10.0 Å². The van der Waals surface area contributed by atoms with Crippen LogP contribution in [0.5, 0.6) is 0 Å². The number of halogens is 2. The van der Waals surface area contributed by atoms with Gasteiger partial charge in [0.25, 0.3) is 5.91 Å². The molecule has 0 spiro atoms. The standard InChI is InChI=1S/C10H8Cl2N2O3/c11-7-1-5(2-8(12)13-7)9(15)14-3-6(4-14)10(16)17/h1-2,6H,3-4H2,(H,16,17). The summed E-state index contributed by atoms with van der Waals surface area (Å²) < 4.78 is 0. The second kappa shape index (κ2) is 4.50. The lowest BCUT2D eigenvalue weighted by Gasteiger charge is -2.36. The van der Waals surface area contributed by atoms with Crippen molar-refractivity contribution in [1.29, 1.82) is 0 Å². The molecule has 1 N–H and O–H groups in total. The largest absolute Gasteiger partial charge is 0.481 e. The molecule has 1 amide bonds. The second-order valence-electron chi connectivity index (χ2n) is 3.75. The topological polar surface area (TPSA) is 70.5 Å². The summed E-state index contributed by atoms with van der Waals surface area (Å²) in [5.74, 6) is -1.65. The van der Waals surface area contributed by atoms with Crippen LogP contribution in [-0.4, -0.2) is 40.0 Å². The van der Waals surface area contributed by atoms with Gasteiger partial charge in [0.1, 0.15) is 10.3 Å². The first-order valence-electron chi connectivity index (χ1n) is 4.82. The fourth-order valence-electron chi connectivity index (χ4n) is 1.57. The van der Waals surface area contributed by atoms with Gasteiger partial charge in [-0.25, -0.2) is 4.98 Å². The van der Waals surface area contributed by atoms with Crippen molar-refractivity contribution in [2.75, 3.05) is 13.1 Å². The summed E-state index contributed by atoms with van der Waals surface area (Å²) in [6.07, 6.45) is 0. The van der Waals surface area contributed by atoms with E-state index >= 15 is 0 Å². The van der Waals surface area contributed by atoms with Crippen LogP contribution >= 0.6 is 23.2 Å². The van der Waals surface area contributed by atoms with E-state index in [2.05, 4.69) is 4.98 Å². The van der Waals surface area contributed by atoms with E-state index in [0.717, 1.165) is 0 Å². The summed E-state index contributed by atoms with van der Waals surface area (Å²) in [6, 6.07) is 2.81. The van der Waals surface area contributed by atoms with Crippen molar-refractivity contribution >= 4 is 35.1 Å². The number of hydrogen-bond acceptors (Lipinski definition) is 3. The predicted octanol–water partition coefficient (Wildman–Crippen LogP) is 1.55. The van der Waals surface area contributed by atoms with Crippen LogP contribution in [0.4, 0.5) is 0 Å². The molecule has 1 aliphatic rings. The molecule has 0 aliphatic carbocycles. The highest BCUT2D eigenvalue weighted by Gasteiger charge is 2.36. The Morgan fingerprint density at radius 1 is 1.29 bits per heavy atom. The van der Waals surface area contributed by atoms with Gasteiger partial charge in [0, 0.05) is 18.7 Å². The van der Waals surface area contributed by atoms with Crippen molar-refractivity contribution < 1.29 is 14.7 Å². The van der Waals surface area contributed by atoms with E-state index in [1.807, 2.05) is 0 Å². The van der Waals surface area contributed by atoms with E-state index in [1.54, 1.807) is 0 Å². The number of carbonyl (C=O) groups excluding carboxylic acids is 1. The molecule has 5 nitrogen and oxygen atoms in total. The van der Waals surface area contributed by atoms with Gasteiger partial charge in [-0.3, -0.25) is 9.59 Å². The number of carboxylic acids is 1. The van der Waals surface area contributed by atoms with Crippen molar-refractivity contribution in [3.63, 3.8) is 0 Å². The van der Waals surface area contributed by atoms with Gasteiger partial charge in [0.15, 0.2) is 0 Å². The molecular weight excluding hydrogens is 267 g/mol. The molecule has 1 fully saturated rings. The van der Waals surface area contributed by atoms with E-state index in [0.29, 0.717) is 5.56 Å². The minimum atomic E-state index is -0.889. The molecule has 0 aromatic carbocycles. The number of hydrogen-bond donors (Lipinski definition) is 1. The Hall–Kier alpha value is -1.33. The summed E-state index contributed by atoms with van der Waals surface area (Å²) >= 11 is 11.4. The van der Waals surface area contributed by atoms with Crippen LogP contribution in [0, 0.1) is 5.92 Å². The van der Waals surface area contributed by atoms with E-state index in [-0.39, 0.29) is 29.3 Å². The van der Waals surface area contributed by atoms with E-state index in [4.69, 9.17) is 28.3 Å². The van der Waals surface area contributed by atoms with Crippen molar-refractivity contribution in [3.05, 3.63) is 28.0 Å². The monoisotopic (exact) mass is 274 g/mol. The molecule has 2 heterocycles. The molecule has 1 aliphatic heterocycles. The lowest BCUT2D eigenvalue weighted by molar-refractivity contribution is -0.146. The third-order valence-electron chi connectivity index (χ3n) is 2.53. The summed E-state index contributed by atoms with van der Waals surface area (Å²) in [5, 5.41) is 8.97. The fourth-order valence-corrected chi connectivity index (χ4v) is 2.03. The molecular formula is C10H8Cl2N2O3. The van der Waals surface area contributed by atoms with Crippen molar-refractivity contribution in [2.24, 2.45) is 5.92 Å². The van der Waals surface area contributed by atoms with Gasteiger partial charge in [0.2, 0.25) is 0 Å². The Balaban J connectivity index is 2.09. The Kier molecular flexibility index (Phi) is 3.22. The number of pyridine rings is 1. The Morgan fingerprint density at radius 2 is 1.82 bits per heavy atom. The average Bonchev–Trinajstić information content (AvgIpc) is 2.12. The van der Waals surface area contributed by atoms with Crippen LogP contribution in [0.2, 0.25) is 10.3 Å². The van der Waals surface area contributed by atoms with Crippen LogP contribution in [0.15, 0.2) is 12.1 Å². The minimum Gasteiger partial charge on any atom is -0.481 e. The molecule has 0 saturated carbocycles. The van der Waals surface area contributed by atoms with Crippen LogP contribution in [-0.2, 0) is 4.79 Å². The first-order valence-corrected chi connectivity index (χ1v) is 5.58. The van der Waals surface area contributed by atoms with Gasteiger partial charge >= 0.3 is 5.97 Å². The summed E-state index contributed by atoms with van der Waals surface area (Å²) in [5.41, 5.74) is 0.318. The zero-order valence-electron chi connectivity index (χ0n) is 8.56. The van der Waals surface area contributed by atoms with Gasteiger partial charge in [-0.05, 0) is 12.1 Å². The smallest absolute Gasteiger partial charge is 0.310 e. The highest BCUT2D eigenvalue weighted by atomic mass is 35.5. The van der Waals surface area contributed by atoms with Crippen LogP contribution < -0.4 is 0 Å². The normalized spacial score (nSPS) is 15.5. The fraction of sp³-hybridized carbons (Fsp3) is 0.300. The molecule has 17 heavy (non-hydrogen) atoms. The number of amides is 1. The Labute approximate surface area is 107 Å². The van der Waals surface area contributed by atoms with Gasteiger partial charge in [0.05, 0.1) is 5.92 Å². The highest BCUT2D eigenvalue weighted by Crippen LogP contribution is 2.21. The first kappa shape index (κ1) is 12.1. The summed E-state index contributed by atoms with van der Waals surface area (Å²) in [7, 11) is 0. The maximum absolute atomic E-state index is 11.9. The van der Waals surface area contributed by atoms with Crippen LogP contribution in [0.25, 0.3) is 0 Å². The molecule has 0 bridgehead atoms. The summed E-state index contributed by atoms with van der Waals surface area (Å²) in [4.78, 5) is 27.7. The minimum absolute atomic E-state index is 0.135. The average molecular weight is 275 g/mol. The molecule has 0 atom stereocenters. The zero-order chi connectivity index (χ0) is 12.6. The van der Waals surface area contributed by atoms with Gasteiger partial charge in [-0.15, -0.1) is 0 Å². The number of carbonyl (C=O) groups is 2. The maximum atomic E-state index is 11.9. The van der Waals surface area contributed by atoms with Gasteiger partial charge in [-0.2, -0.15) is 0 Å². The summed E-state index contributed by atoms with van der Waals surface area (Å²) in [6.45, 7) is 0.428. The molecule has 90 valence electrons. The molecule has 0 radical (unpaired) electrons. The predicted molar refractivity (Wildman–Crippen MR) is 61.3 cm³/mol. The third-order valence-corrected chi connectivity index (χ3v) is 2.92. The Bertz CT molecular complexity index is 466. The van der Waals surface area contributed by atoms with E-state index in [1.165, 1.54) is 17.0 Å². The number of aliphatic carboxylic acids is 1. The van der Waals surface area contributed by atoms with Crippen molar-refractivity contribution in [3.8, 4) is 0 Å². The SMILES string of the molecule is O=C(O)C1CN(C(=O)c2cc(Cl)nc(Cl)c2)C1. The first-order chi connectivity index (χ1) is 7.97. The molecule has 0 unspecified atom stereocenters. The molecule has 1 saturated heterocycles. The quantitative estimate of drug-likeness (QED) is 0.831. The van der Waals surface area contributed by atoms with Crippen LogP contribution in [0.3, 0.4) is 0 Å². The number of carboxylic acid groups (broad SMARTS) is 1. The molecule has 1 aromatic heterocycles. The number of nitrogens with zero attached hydrogens (tertiary/aromatic N) is 2. The zero-order valence-corrected chi connectivity index (χ0v) is 10.1. The second-order valence-corrected chi connectivity index (χ2v) is 4.52. The molecule has 1 aromatic rings. The number of likely N-dealkylation sites (tertiary alicyclic amines) is 1. The van der Waals surface area contributed by atoms with Gasteiger partial charge in [-0.1, -0.05) is 23.2 Å². The number of rotatable bonds is 2. The van der Waals surface area contributed by atoms with E-state index < -0.39 is 11.9 Å². The molecule has 7 heteroatoms. The van der Waals surface area contributed by atoms with Crippen molar-refractivity contribution in [2.45, 2.75) is 0 Å². The van der Waals surface area contributed by atoms with Crippen molar-refractivity contribution in [1.82, 2.24) is 9.88 Å². The Morgan fingerprint density at radius 3 is 2.29 bits per heavy atom. The third kappa shape index (κ3) is 2.50. The lowest BCUT2D eigenvalue weighted by Crippen LogP contribution is -2.53.